The van der Waals surface area contributed by atoms with Crippen LogP contribution >= 0.6 is 0 Å². The Morgan fingerprint density at radius 3 is 2.50 bits per heavy atom. The van der Waals surface area contributed by atoms with Crippen LogP contribution in [0.3, 0.4) is 0 Å². The molecule has 0 radical (unpaired) electrons. The topological polar surface area (TPSA) is 69.3 Å². The number of nitrogens with zero attached hydrogens (tertiary/aromatic N) is 3. The van der Waals surface area contributed by atoms with Gasteiger partial charge in [-0.3, -0.25) is 14.7 Å². The maximum atomic E-state index is 13.6. The first kappa shape index (κ1) is 21.8. The highest BCUT2D eigenvalue weighted by atomic mass is 16.2. The molecule has 1 saturated heterocycles. The number of hydrogen-bond acceptors (Lipinski definition) is 3. The van der Waals surface area contributed by atoms with Crippen LogP contribution in [-0.2, 0) is 11.2 Å². The summed E-state index contributed by atoms with van der Waals surface area (Å²) in [5.41, 5.74) is 4.05. The monoisotopic (exact) mass is 430 g/mol. The normalized spacial score (nSPS) is 18.4. The number of nitrogens with one attached hydrogen (secondary N) is 1. The van der Waals surface area contributed by atoms with Gasteiger partial charge in [0.2, 0.25) is 5.91 Å². The van der Waals surface area contributed by atoms with Crippen LogP contribution in [0.25, 0.3) is 11.1 Å². The molecule has 1 fully saturated rings. The minimum Gasteiger partial charge on any atom is -0.348 e. The van der Waals surface area contributed by atoms with E-state index in [2.05, 4.69) is 34.5 Å². The molecular weight excluding hydrogens is 400 g/mol. The molecule has 4 rings (SSSR count). The van der Waals surface area contributed by atoms with Gasteiger partial charge < -0.3 is 9.80 Å². The fourth-order valence-electron chi connectivity index (χ4n) is 4.85. The van der Waals surface area contributed by atoms with Crippen molar-refractivity contribution in [3.63, 3.8) is 0 Å². The summed E-state index contributed by atoms with van der Waals surface area (Å²) in [4.78, 5) is 30.3. The van der Waals surface area contributed by atoms with Crippen molar-refractivity contribution < 1.29 is 9.59 Å². The highest BCUT2D eigenvalue weighted by Crippen LogP contribution is 2.38. The van der Waals surface area contributed by atoms with E-state index in [0.717, 1.165) is 35.2 Å². The van der Waals surface area contributed by atoms with Gasteiger partial charge in [0, 0.05) is 32.9 Å². The zero-order chi connectivity index (χ0) is 22.7. The Hall–Kier alpha value is -3.41. The zero-order valence-electron chi connectivity index (χ0n) is 19.0. The van der Waals surface area contributed by atoms with E-state index >= 15 is 0 Å². The molecule has 1 aliphatic heterocycles. The van der Waals surface area contributed by atoms with Crippen LogP contribution < -0.4 is 0 Å². The van der Waals surface area contributed by atoms with Crippen LogP contribution in [0.5, 0.6) is 0 Å². The molecule has 3 aromatic rings. The molecule has 0 unspecified atom stereocenters. The lowest BCUT2D eigenvalue weighted by molar-refractivity contribution is -0.142. The van der Waals surface area contributed by atoms with Gasteiger partial charge in [0.1, 0.15) is 0 Å². The summed E-state index contributed by atoms with van der Waals surface area (Å²) < 4.78 is 0. The molecule has 32 heavy (non-hydrogen) atoms. The molecule has 166 valence electrons. The highest BCUT2D eigenvalue weighted by Gasteiger charge is 2.45. The summed E-state index contributed by atoms with van der Waals surface area (Å²) in [5, 5.41) is 6.85. The van der Waals surface area contributed by atoms with Crippen molar-refractivity contribution >= 4 is 11.8 Å². The Bertz CT molecular complexity index is 1110. The van der Waals surface area contributed by atoms with Crippen molar-refractivity contribution in [1.29, 1.82) is 0 Å². The minimum atomic E-state index is -0.667. The molecule has 0 bridgehead atoms. The van der Waals surface area contributed by atoms with E-state index in [4.69, 9.17) is 0 Å². The van der Waals surface area contributed by atoms with E-state index in [-0.39, 0.29) is 11.8 Å². The maximum absolute atomic E-state index is 13.6. The Kier molecular flexibility index (Phi) is 6.12. The van der Waals surface area contributed by atoms with Crippen LogP contribution in [0.2, 0.25) is 0 Å². The van der Waals surface area contributed by atoms with Gasteiger partial charge in [-0.05, 0) is 42.9 Å². The highest BCUT2D eigenvalue weighted by molar-refractivity contribution is 5.95. The maximum Gasteiger partial charge on any atom is 0.257 e. The van der Waals surface area contributed by atoms with E-state index in [1.165, 1.54) is 0 Å². The molecule has 6 nitrogen and oxygen atoms in total. The predicted molar refractivity (Wildman–Crippen MR) is 125 cm³/mol. The number of carbonyl (C=O) groups excluding carboxylic acids is 2. The third-order valence-corrected chi connectivity index (χ3v) is 6.42. The van der Waals surface area contributed by atoms with Crippen LogP contribution in [0, 0.1) is 12.3 Å². The summed E-state index contributed by atoms with van der Waals surface area (Å²) in [6.45, 7) is 2.89. The number of benzene rings is 2. The molecule has 1 N–H and O–H groups in total. The molecule has 0 spiro atoms. The molecule has 2 heterocycles. The summed E-state index contributed by atoms with van der Waals surface area (Å²) in [7, 11) is 3.60. The second-order valence-electron chi connectivity index (χ2n) is 8.92. The fraction of sp³-hybridized carbons (Fsp3) is 0.346. The number of aromatic nitrogens is 2. The summed E-state index contributed by atoms with van der Waals surface area (Å²) >= 11 is 0. The quantitative estimate of drug-likeness (QED) is 0.667. The van der Waals surface area contributed by atoms with Gasteiger partial charge in [-0.2, -0.15) is 5.10 Å². The van der Waals surface area contributed by atoms with Crippen LogP contribution in [-0.4, -0.2) is 59.0 Å². The molecule has 1 aromatic heterocycles. The van der Waals surface area contributed by atoms with E-state index < -0.39 is 5.41 Å². The number of rotatable bonds is 5. The molecule has 2 aromatic carbocycles. The standard InChI is InChI=1S/C26H30N4O2/c1-19-23(17-27-28-19)24(31)30-15-9-14-26(18-30,25(32)29(2)3)16-21-12-7-8-13-22(21)20-10-5-4-6-11-20/h4-8,10-13,17H,9,14-16,18H2,1-3H3,(H,27,28)/t26-/m0/s1. The van der Waals surface area contributed by atoms with Gasteiger partial charge in [0.05, 0.1) is 17.2 Å². The smallest absolute Gasteiger partial charge is 0.257 e. The van der Waals surface area contributed by atoms with Crippen LogP contribution in [0.15, 0.2) is 60.8 Å². The summed E-state index contributed by atoms with van der Waals surface area (Å²) in [6.07, 6.45) is 3.70. The average Bonchev–Trinajstić information content (AvgIpc) is 3.25. The van der Waals surface area contributed by atoms with Gasteiger partial charge in [0.15, 0.2) is 0 Å². The number of piperidine rings is 1. The van der Waals surface area contributed by atoms with Crippen molar-refractivity contribution in [1.82, 2.24) is 20.0 Å². The molecule has 1 atom stereocenters. The number of likely N-dealkylation sites (tertiary alicyclic amines) is 1. The van der Waals surface area contributed by atoms with Gasteiger partial charge in [-0.1, -0.05) is 54.6 Å². The summed E-state index contributed by atoms with van der Waals surface area (Å²) in [6, 6.07) is 18.5. The van der Waals surface area contributed by atoms with Crippen molar-refractivity contribution in [2.75, 3.05) is 27.2 Å². The number of H-pyrrole nitrogens is 1. The molecule has 1 aliphatic rings. The fourth-order valence-corrected chi connectivity index (χ4v) is 4.85. The first-order valence-corrected chi connectivity index (χ1v) is 11.1. The second kappa shape index (κ2) is 8.99. The van der Waals surface area contributed by atoms with Gasteiger partial charge in [-0.25, -0.2) is 0 Å². The Morgan fingerprint density at radius 2 is 1.81 bits per heavy atom. The number of hydrogen-bond donors (Lipinski definition) is 1. The third kappa shape index (κ3) is 4.17. The molecule has 2 amide bonds. The molecule has 6 heteroatoms. The van der Waals surface area contributed by atoms with Crippen molar-refractivity contribution in [3.05, 3.63) is 77.6 Å². The number of aryl methyl sites for hydroxylation is 1. The molecule has 0 aliphatic carbocycles. The van der Waals surface area contributed by atoms with Gasteiger partial charge in [-0.15, -0.1) is 0 Å². The van der Waals surface area contributed by atoms with Crippen molar-refractivity contribution in [2.45, 2.75) is 26.2 Å². The number of amides is 2. The van der Waals surface area contributed by atoms with Crippen LogP contribution in [0.1, 0.15) is 34.5 Å². The predicted octanol–water partition coefficient (Wildman–Crippen LogP) is 3.94. The van der Waals surface area contributed by atoms with Crippen molar-refractivity contribution in [2.24, 2.45) is 5.41 Å². The first-order chi connectivity index (χ1) is 15.4. The lowest BCUT2D eigenvalue weighted by Gasteiger charge is -2.43. The number of aromatic amines is 1. The SMILES string of the molecule is Cc1[nH]ncc1C(=O)N1CCC[C@@](Cc2ccccc2-c2ccccc2)(C(=O)N(C)C)C1. The Labute approximate surface area is 189 Å². The van der Waals surface area contributed by atoms with E-state index in [1.807, 2.05) is 42.2 Å². The second-order valence-corrected chi connectivity index (χ2v) is 8.92. The summed E-state index contributed by atoms with van der Waals surface area (Å²) in [5.74, 6) is 0.00464. The lowest BCUT2D eigenvalue weighted by atomic mass is 9.72. The molecular formula is C26H30N4O2. The number of carbonyl (C=O) groups is 2. The lowest BCUT2D eigenvalue weighted by Crippen LogP contribution is -2.54. The first-order valence-electron chi connectivity index (χ1n) is 11.1. The molecule has 0 saturated carbocycles. The minimum absolute atomic E-state index is 0.0665. The van der Waals surface area contributed by atoms with Gasteiger partial charge in [0.25, 0.3) is 5.91 Å². The third-order valence-electron chi connectivity index (χ3n) is 6.42. The Morgan fingerprint density at radius 1 is 1.09 bits per heavy atom. The Balaban J connectivity index is 1.70. The average molecular weight is 431 g/mol. The van der Waals surface area contributed by atoms with Gasteiger partial charge >= 0.3 is 0 Å². The van der Waals surface area contributed by atoms with E-state index in [9.17, 15) is 9.59 Å². The zero-order valence-corrected chi connectivity index (χ0v) is 19.0. The van der Waals surface area contributed by atoms with Crippen molar-refractivity contribution in [3.8, 4) is 11.1 Å². The van der Waals surface area contributed by atoms with E-state index in [0.29, 0.717) is 25.1 Å². The largest absolute Gasteiger partial charge is 0.348 e. The van der Waals surface area contributed by atoms with E-state index in [1.54, 1.807) is 25.2 Å². The van der Waals surface area contributed by atoms with Crippen LogP contribution in [0.4, 0.5) is 0 Å².